The minimum atomic E-state index is -0.573. The predicted molar refractivity (Wildman–Crippen MR) is 296 cm³/mol. The molecule has 2 aliphatic heterocycles. The lowest BCUT2D eigenvalue weighted by molar-refractivity contribution is 0.575. The normalized spacial score (nSPS) is 18.2. The van der Waals surface area contributed by atoms with Crippen molar-refractivity contribution in [2.24, 2.45) is 0 Å². The Kier molecular flexibility index (Phi) is 9.48. The van der Waals surface area contributed by atoms with Gasteiger partial charge >= 0.3 is 0 Å². The molecule has 3 aliphatic rings. The smallest absolute Gasteiger partial charge is 0.0933 e. The van der Waals surface area contributed by atoms with Crippen LogP contribution in [0.5, 0.6) is 0 Å². The van der Waals surface area contributed by atoms with E-state index in [-0.39, 0.29) is 5.41 Å². The van der Waals surface area contributed by atoms with Crippen LogP contribution in [0.1, 0.15) is 61.1 Å². The van der Waals surface area contributed by atoms with E-state index in [9.17, 15) is 0 Å². The van der Waals surface area contributed by atoms with Crippen molar-refractivity contribution in [1.29, 1.82) is 0 Å². The standard InChI is InChI=1S/C65H48Br2N2/c1-63(2)56-24-11-8-21-50(56)53-33-31-48(40-59(53)63)68-61-34-29-46(66)38-54(61)51-22-10-13-26-58(51)65(68,4)45-20-14-16-41(37-45)42-28-32-49-43(36-42)17-15-27-60(49)69-62-35-30-47(67)39-55(62)52-23-9-12-25-57(52)64(69,3)44-18-6-5-7-19-44/h5-40H,1-4H3. The highest BCUT2D eigenvalue weighted by Gasteiger charge is 2.46. The maximum absolute atomic E-state index is 3.85. The van der Waals surface area contributed by atoms with Crippen molar-refractivity contribution in [3.05, 3.63) is 261 Å². The van der Waals surface area contributed by atoms with E-state index in [4.69, 9.17) is 0 Å². The fourth-order valence-corrected chi connectivity index (χ4v) is 13.1. The molecule has 0 fully saturated rings. The molecule has 4 heteroatoms. The van der Waals surface area contributed by atoms with Gasteiger partial charge in [0.05, 0.1) is 28.1 Å². The van der Waals surface area contributed by atoms with Crippen molar-refractivity contribution in [3.63, 3.8) is 0 Å². The first-order valence-corrected chi connectivity index (χ1v) is 25.5. The molecular weight excluding hydrogens is 969 g/mol. The van der Waals surface area contributed by atoms with Gasteiger partial charge in [0.15, 0.2) is 0 Å². The lowest BCUT2D eigenvalue weighted by Gasteiger charge is -2.49. The summed E-state index contributed by atoms with van der Waals surface area (Å²) < 4.78 is 2.14. The molecule has 13 rings (SSSR count). The molecule has 0 amide bonds. The van der Waals surface area contributed by atoms with E-state index in [0.717, 1.165) is 8.95 Å². The van der Waals surface area contributed by atoms with Crippen LogP contribution in [0.15, 0.2) is 227 Å². The number of benzene rings is 10. The Balaban J connectivity index is 0.968. The molecule has 0 saturated heterocycles. The van der Waals surface area contributed by atoms with E-state index in [2.05, 4.69) is 288 Å². The van der Waals surface area contributed by atoms with Gasteiger partial charge in [-0.15, -0.1) is 0 Å². The zero-order valence-electron chi connectivity index (χ0n) is 38.9. The molecule has 0 N–H and O–H groups in total. The minimum Gasteiger partial charge on any atom is -0.327 e. The predicted octanol–water partition coefficient (Wildman–Crippen LogP) is 18.5. The van der Waals surface area contributed by atoms with E-state index in [1.807, 2.05) is 0 Å². The number of rotatable bonds is 5. The zero-order chi connectivity index (χ0) is 46.8. The molecule has 69 heavy (non-hydrogen) atoms. The largest absolute Gasteiger partial charge is 0.327 e. The van der Waals surface area contributed by atoms with Crippen molar-refractivity contribution >= 4 is 65.4 Å². The number of hydrogen-bond acceptors (Lipinski definition) is 2. The maximum Gasteiger partial charge on any atom is 0.0933 e. The molecule has 2 unspecified atom stereocenters. The summed E-state index contributed by atoms with van der Waals surface area (Å²) in [6.07, 6.45) is 0. The summed E-state index contributed by atoms with van der Waals surface area (Å²) in [5.74, 6) is 0. The SMILES string of the molecule is CC1(C)c2ccccc2-c2ccc(N3c4ccc(Br)cc4-c4ccccc4C3(C)c3cccc(-c4ccc5c(N6c7ccc(Br)cc7-c7ccccc7C6(C)c6ccccc6)cccc5c4)c3)cc21. The third-order valence-corrected chi connectivity index (χ3v) is 16.8. The molecule has 2 nitrogen and oxygen atoms in total. The first kappa shape index (κ1) is 42.1. The molecule has 10 aromatic rings. The van der Waals surface area contributed by atoms with Crippen LogP contribution in [-0.2, 0) is 16.5 Å². The van der Waals surface area contributed by atoms with Crippen molar-refractivity contribution in [1.82, 2.24) is 0 Å². The third kappa shape index (κ3) is 6.14. The van der Waals surface area contributed by atoms with Crippen LogP contribution in [0.25, 0.3) is 55.3 Å². The Morgan fingerprint density at radius 3 is 1.55 bits per heavy atom. The van der Waals surface area contributed by atoms with E-state index in [0.29, 0.717) is 0 Å². The number of halogens is 2. The first-order valence-electron chi connectivity index (χ1n) is 23.9. The highest BCUT2D eigenvalue weighted by Crippen LogP contribution is 2.58. The van der Waals surface area contributed by atoms with Crippen LogP contribution in [0.2, 0.25) is 0 Å². The Hall–Kier alpha value is -6.98. The molecule has 0 spiro atoms. The number of fused-ring (bicyclic) bond motifs is 10. The van der Waals surface area contributed by atoms with Gasteiger partial charge in [-0.2, -0.15) is 0 Å². The van der Waals surface area contributed by atoms with E-state index in [1.54, 1.807) is 0 Å². The van der Waals surface area contributed by atoms with Gasteiger partial charge < -0.3 is 9.80 Å². The van der Waals surface area contributed by atoms with E-state index >= 15 is 0 Å². The molecule has 1 aliphatic carbocycles. The van der Waals surface area contributed by atoms with Crippen LogP contribution in [0, 0.1) is 0 Å². The first-order chi connectivity index (χ1) is 33.5. The molecule has 0 aromatic heterocycles. The Labute approximate surface area is 421 Å². The van der Waals surface area contributed by atoms with Crippen molar-refractivity contribution in [2.45, 2.75) is 44.2 Å². The Bertz CT molecular complexity index is 3740. The van der Waals surface area contributed by atoms with Gasteiger partial charge in [-0.25, -0.2) is 0 Å². The van der Waals surface area contributed by atoms with Gasteiger partial charge in [0, 0.05) is 36.6 Å². The Morgan fingerprint density at radius 2 is 0.870 bits per heavy atom. The summed E-state index contributed by atoms with van der Waals surface area (Å²) in [5.41, 5.74) is 21.3. The summed E-state index contributed by atoms with van der Waals surface area (Å²) >= 11 is 7.68. The fraction of sp³-hybridized carbons (Fsp3) is 0.108. The Morgan fingerprint density at radius 1 is 0.333 bits per heavy atom. The van der Waals surface area contributed by atoms with Gasteiger partial charge in [0.1, 0.15) is 0 Å². The third-order valence-electron chi connectivity index (χ3n) is 15.8. The van der Waals surface area contributed by atoms with Crippen molar-refractivity contribution in [2.75, 3.05) is 9.80 Å². The summed E-state index contributed by atoms with van der Waals surface area (Å²) in [6.45, 7) is 9.56. The van der Waals surface area contributed by atoms with Crippen LogP contribution in [-0.4, -0.2) is 0 Å². The molecule has 0 saturated carbocycles. The summed E-state index contributed by atoms with van der Waals surface area (Å²) in [5, 5.41) is 2.40. The van der Waals surface area contributed by atoms with Crippen LogP contribution in [0.4, 0.5) is 22.7 Å². The molecule has 2 atom stereocenters. The second kappa shape index (κ2) is 15.5. The lowest BCUT2D eigenvalue weighted by atomic mass is 9.74. The maximum atomic E-state index is 3.85. The van der Waals surface area contributed by atoms with E-state index in [1.165, 1.54) is 111 Å². The second-order valence-corrected chi connectivity index (χ2v) is 21.6. The quantitative estimate of drug-likeness (QED) is 0.170. The topological polar surface area (TPSA) is 6.48 Å². The molecule has 0 radical (unpaired) electrons. The van der Waals surface area contributed by atoms with Gasteiger partial charge in [-0.3, -0.25) is 0 Å². The van der Waals surface area contributed by atoms with Crippen molar-refractivity contribution in [3.8, 4) is 44.5 Å². The average Bonchev–Trinajstić information content (AvgIpc) is 3.62. The monoisotopic (exact) mass is 1010 g/mol. The zero-order valence-corrected chi connectivity index (χ0v) is 42.1. The van der Waals surface area contributed by atoms with Crippen LogP contribution >= 0.6 is 31.9 Å². The van der Waals surface area contributed by atoms with E-state index < -0.39 is 11.1 Å². The molecular formula is C65H48Br2N2. The minimum absolute atomic E-state index is 0.135. The van der Waals surface area contributed by atoms with Gasteiger partial charge in [-0.1, -0.05) is 197 Å². The average molecular weight is 1020 g/mol. The number of nitrogens with zero attached hydrogens (tertiary/aromatic N) is 2. The fourth-order valence-electron chi connectivity index (χ4n) is 12.4. The summed E-state index contributed by atoms with van der Waals surface area (Å²) in [6, 6.07) is 81.7. The summed E-state index contributed by atoms with van der Waals surface area (Å²) in [4.78, 5) is 5.19. The van der Waals surface area contributed by atoms with Gasteiger partial charge in [-0.05, 0) is 153 Å². The number of anilines is 4. The van der Waals surface area contributed by atoms with Gasteiger partial charge in [0.2, 0.25) is 0 Å². The molecule has 0 bridgehead atoms. The molecule has 2 heterocycles. The summed E-state index contributed by atoms with van der Waals surface area (Å²) in [7, 11) is 0. The highest BCUT2D eigenvalue weighted by atomic mass is 79.9. The molecule has 332 valence electrons. The van der Waals surface area contributed by atoms with Crippen molar-refractivity contribution < 1.29 is 0 Å². The van der Waals surface area contributed by atoms with Crippen LogP contribution in [0.3, 0.4) is 0 Å². The second-order valence-electron chi connectivity index (χ2n) is 19.8. The number of hydrogen-bond donors (Lipinski definition) is 0. The lowest BCUT2D eigenvalue weighted by Crippen LogP contribution is -2.44. The highest BCUT2D eigenvalue weighted by molar-refractivity contribution is 9.10. The van der Waals surface area contributed by atoms with Crippen LogP contribution < -0.4 is 9.80 Å². The molecule has 10 aromatic carbocycles. The van der Waals surface area contributed by atoms with Gasteiger partial charge in [0.25, 0.3) is 0 Å².